The molecule has 0 aliphatic carbocycles. The minimum atomic E-state index is -1.03. The lowest BCUT2D eigenvalue weighted by Gasteiger charge is -2.09. The van der Waals surface area contributed by atoms with Gasteiger partial charge in [-0.3, -0.25) is 4.79 Å². The number of halogens is 2. The fourth-order valence-electron chi connectivity index (χ4n) is 1.49. The van der Waals surface area contributed by atoms with Gasteiger partial charge in [-0.15, -0.1) is 11.3 Å². The molecule has 0 amide bonds. The van der Waals surface area contributed by atoms with Gasteiger partial charge < -0.3 is 5.73 Å². The minimum Gasteiger partial charge on any atom is -0.317 e. The van der Waals surface area contributed by atoms with Crippen molar-refractivity contribution in [1.82, 2.24) is 0 Å². The Kier molecular flexibility index (Phi) is 3.31. The fourth-order valence-corrected chi connectivity index (χ4v) is 2.21. The SMILES string of the molecule is NC(C(=O)c1c(F)cccc1F)c1cccs1. The van der Waals surface area contributed by atoms with E-state index in [-0.39, 0.29) is 0 Å². The minimum absolute atomic E-state index is 0.576. The number of Topliss-reactive ketones (excluding diaryl/α,β-unsaturated/α-hetero) is 1. The number of ketones is 1. The molecule has 0 saturated carbocycles. The topological polar surface area (TPSA) is 43.1 Å². The summed E-state index contributed by atoms with van der Waals surface area (Å²) in [5.74, 6) is -2.52. The van der Waals surface area contributed by atoms with Gasteiger partial charge in [-0.1, -0.05) is 12.1 Å². The molecule has 0 aliphatic rings. The van der Waals surface area contributed by atoms with Crippen molar-refractivity contribution < 1.29 is 13.6 Å². The first-order valence-corrected chi connectivity index (χ1v) is 5.76. The molecule has 0 radical (unpaired) electrons. The van der Waals surface area contributed by atoms with E-state index in [2.05, 4.69) is 0 Å². The number of thiophene rings is 1. The van der Waals surface area contributed by atoms with Gasteiger partial charge in [0.15, 0.2) is 5.78 Å². The van der Waals surface area contributed by atoms with Crippen LogP contribution in [-0.4, -0.2) is 5.78 Å². The highest BCUT2D eigenvalue weighted by molar-refractivity contribution is 7.10. The van der Waals surface area contributed by atoms with Crippen molar-refractivity contribution in [2.24, 2.45) is 5.73 Å². The van der Waals surface area contributed by atoms with Gasteiger partial charge in [0.2, 0.25) is 0 Å². The van der Waals surface area contributed by atoms with Gasteiger partial charge in [0.25, 0.3) is 0 Å². The molecule has 1 heterocycles. The van der Waals surface area contributed by atoms with Crippen LogP contribution < -0.4 is 5.73 Å². The molecule has 1 aromatic carbocycles. The summed E-state index contributed by atoms with van der Waals surface area (Å²) >= 11 is 1.28. The first kappa shape index (κ1) is 11.9. The summed E-state index contributed by atoms with van der Waals surface area (Å²) in [6, 6.07) is 5.64. The second-order valence-electron chi connectivity index (χ2n) is 3.45. The highest BCUT2D eigenvalue weighted by Gasteiger charge is 2.24. The van der Waals surface area contributed by atoms with E-state index in [4.69, 9.17) is 5.73 Å². The quantitative estimate of drug-likeness (QED) is 0.855. The first-order valence-electron chi connectivity index (χ1n) is 4.88. The Balaban J connectivity index is 2.38. The average molecular weight is 253 g/mol. The Labute approximate surface area is 101 Å². The van der Waals surface area contributed by atoms with Gasteiger partial charge in [-0.2, -0.15) is 0 Å². The largest absolute Gasteiger partial charge is 0.317 e. The summed E-state index contributed by atoms with van der Waals surface area (Å²) in [5.41, 5.74) is 5.10. The molecule has 0 bridgehead atoms. The van der Waals surface area contributed by atoms with Gasteiger partial charge in [-0.25, -0.2) is 8.78 Å². The second kappa shape index (κ2) is 4.73. The van der Waals surface area contributed by atoms with E-state index in [0.717, 1.165) is 12.1 Å². The molecule has 5 heteroatoms. The third-order valence-corrected chi connectivity index (χ3v) is 3.30. The highest BCUT2D eigenvalue weighted by Crippen LogP contribution is 2.23. The van der Waals surface area contributed by atoms with E-state index in [1.54, 1.807) is 17.5 Å². The summed E-state index contributed by atoms with van der Waals surface area (Å²) in [4.78, 5) is 12.5. The van der Waals surface area contributed by atoms with Crippen molar-refractivity contribution in [2.75, 3.05) is 0 Å². The van der Waals surface area contributed by atoms with Gasteiger partial charge in [0.1, 0.15) is 17.7 Å². The summed E-state index contributed by atoms with van der Waals surface area (Å²) in [6.45, 7) is 0. The maximum absolute atomic E-state index is 13.4. The van der Waals surface area contributed by atoms with Crippen molar-refractivity contribution in [3.63, 3.8) is 0 Å². The van der Waals surface area contributed by atoms with Crippen molar-refractivity contribution in [3.05, 3.63) is 57.8 Å². The van der Waals surface area contributed by atoms with E-state index in [0.29, 0.717) is 4.88 Å². The molecule has 1 aromatic heterocycles. The Hall–Kier alpha value is -1.59. The lowest BCUT2D eigenvalue weighted by Crippen LogP contribution is -2.22. The van der Waals surface area contributed by atoms with Crippen LogP contribution in [-0.2, 0) is 0 Å². The molecule has 2 rings (SSSR count). The Morgan fingerprint density at radius 2 is 1.82 bits per heavy atom. The van der Waals surface area contributed by atoms with Crippen molar-refractivity contribution in [1.29, 1.82) is 0 Å². The molecule has 2 N–H and O–H groups in total. The number of nitrogens with two attached hydrogens (primary N) is 1. The van der Waals surface area contributed by atoms with Crippen molar-refractivity contribution in [2.45, 2.75) is 6.04 Å². The lowest BCUT2D eigenvalue weighted by atomic mass is 10.0. The predicted molar refractivity (Wildman–Crippen MR) is 61.9 cm³/mol. The second-order valence-corrected chi connectivity index (χ2v) is 4.43. The molecule has 17 heavy (non-hydrogen) atoms. The Morgan fingerprint density at radius 1 is 1.18 bits per heavy atom. The van der Waals surface area contributed by atoms with Crippen LogP contribution in [0, 0.1) is 11.6 Å². The summed E-state index contributed by atoms with van der Waals surface area (Å²) in [7, 11) is 0. The fraction of sp³-hybridized carbons (Fsp3) is 0.0833. The first-order chi connectivity index (χ1) is 8.11. The molecule has 0 spiro atoms. The monoisotopic (exact) mass is 253 g/mol. The molecule has 2 aromatic rings. The zero-order chi connectivity index (χ0) is 12.4. The lowest BCUT2D eigenvalue weighted by molar-refractivity contribution is 0.0954. The van der Waals surface area contributed by atoms with E-state index in [1.807, 2.05) is 0 Å². The van der Waals surface area contributed by atoms with Crippen molar-refractivity contribution in [3.8, 4) is 0 Å². The van der Waals surface area contributed by atoms with E-state index >= 15 is 0 Å². The van der Waals surface area contributed by atoms with Gasteiger partial charge in [0, 0.05) is 4.88 Å². The Bertz CT molecular complexity index is 519. The van der Waals surface area contributed by atoms with Gasteiger partial charge >= 0.3 is 0 Å². The van der Waals surface area contributed by atoms with Crippen LogP contribution >= 0.6 is 11.3 Å². The van der Waals surface area contributed by atoms with Crippen LogP contribution in [0.5, 0.6) is 0 Å². The van der Waals surface area contributed by atoms with Crippen LogP contribution in [0.1, 0.15) is 21.3 Å². The maximum Gasteiger partial charge on any atom is 0.190 e. The summed E-state index contributed by atoms with van der Waals surface area (Å²) in [6.07, 6.45) is 0. The van der Waals surface area contributed by atoms with Gasteiger partial charge in [-0.05, 0) is 23.6 Å². The highest BCUT2D eigenvalue weighted by atomic mass is 32.1. The predicted octanol–water partition coefficient (Wildman–Crippen LogP) is 2.91. The molecule has 0 fully saturated rings. The van der Waals surface area contributed by atoms with Crippen LogP contribution in [0.15, 0.2) is 35.7 Å². The van der Waals surface area contributed by atoms with Crippen LogP contribution in [0.2, 0.25) is 0 Å². The molecular formula is C12H9F2NOS. The number of hydrogen-bond acceptors (Lipinski definition) is 3. The smallest absolute Gasteiger partial charge is 0.190 e. The number of benzene rings is 1. The third kappa shape index (κ3) is 2.25. The molecule has 1 unspecified atom stereocenters. The number of carbonyl (C=O) groups excluding carboxylic acids is 1. The Morgan fingerprint density at radius 3 is 2.35 bits per heavy atom. The van der Waals surface area contributed by atoms with E-state index in [9.17, 15) is 13.6 Å². The normalized spacial score (nSPS) is 12.4. The summed E-state index contributed by atoms with van der Waals surface area (Å²) < 4.78 is 26.8. The van der Waals surface area contributed by atoms with Crippen LogP contribution in [0.25, 0.3) is 0 Å². The third-order valence-electron chi connectivity index (χ3n) is 2.34. The standard InChI is InChI=1S/C12H9F2NOS/c13-7-3-1-4-8(14)10(7)12(16)11(15)9-5-2-6-17-9/h1-6,11H,15H2. The summed E-state index contributed by atoms with van der Waals surface area (Å²) in [5, 5.41) is 1.75. The molecular weight excluding hydrogens is 244 g/mol. The van der Waals surface area contributed by atoms with E-state index in [1.165, 1.54) is 17.4 Å². The molecule has 0 saturated heterocycles. The van der Waals surface area contributed by atoms with Crippen LogP contribution in [0.4, 0.5) is 8.78 Å². The van der Waals surface area contributed by atoms with E-state index < -0.39 is 29.0 Å². The molecule has 2 nitrogen and oxygen atoms in total. The zero-order valence-electron chi connectivity index (χ0n) is 8.69. The maximum atomic E-state index is 13.4. The number of carbonyl (C=O) groups is 1. The average Bonchev–Trinajstić information content (AvgIpc) is 2.81. The zero-order valence-corrected chi connectivity index (χ0v) is 9.51. The van der Waals surface area contributed by atoms with Gasteiger partial charge in [0.05, 0.1) is 5.56 Å². The molecule has 88 valence electrons. The number of hydrogen-bond donors (Lipinski definition) is 1. The van der Waals surface area contributed by atoms with Crippen molar-refractivity contribution >= 4 is 17.1 Å². The van der Waals surface area contributed by atoms with Crippen LogP contribution in [0.3, 0.4) is 0 Å². The molecule has 1 atom stereocenters. The molecule has 0 aliphatic heterocycles. The number of rotatable bonds is 3.